The van der Waals surface area contributed by atoms with Crippen LogP contribution in [0.2, 0.25) is 0 Å². The highest BCUT2D eigenvalue weighted by Gasteiger charge is 2.18. The van der Waals surface area contributed by atoms with Crippen molar-refractivity contribution < 1.29 is 24.5 Å². The molecule has 6 heteroatoms. The van der Waals surface area contributed by atoms with Crippen molar-refractivity contribution in [3.63, 3.8) is 0 Å². The Morgan fingerprint density at radius 2 is 0.667 bits per heavy atom. The molecule has 2 atom stereocenters. The van der Waals surface area contributed by atoms with Gasteiger partial charge < -0.3 is 20.3 Å². The fourth-order valence-corrected chi connectivity index (χ4v) is 9.99. The normalized spacial score (nSPS) is 12.6. The summed E-state index contributed by atoms with van der Waals surface area (Å²) in [6.45, 7) is 4.93. The SMILES string of the molecule is CCCCCCCCCCCCCCC/C=C/C(O)C(CO)NC(=O)CCCCCCCCCCCCCCCCCCCCCCCCCCCOC(=O)CCCCCCCCCCCCCC. The van der Waals surface area contributed by atoms with Gasteiger partial charge in [0.05, 0.1) is 25.4 Å². The van der Waals surface area contributed by atoms with Crippen molar-refractivity contribution in [2.75, 3.05) is 13.2 Å². The van der Waals surface area contributed by atoms with Gasteiger partial charge in [0.1, 0.15) is 0 Å². The Labute approximate surface area is 431 Å². The fourth-order valence-electron chi connectivity index (χ4n) is 9.99. The highest BCUT2D eigenvalue weighted by atomic mass is 16.5. The zero-order valence-corrected chi connectivity index (χ0v) is 46.8. The molecule has 0 heterocycles. The van der Waals surface area contributed by atoms with Crippen molar-refractivity contribution in [2.45, 2.75) is 366 Å². The monoisotopic (exact) mass is 974 g/mol. The van der Waals surface area contributed by atoms with Gasteiger partial charge in [-0.3, -0.25) is 9.59 Å². The summed E-state index contributed by atoms with van der Waals surface area (Å²) in [7, 11) is 0. The number of hydrogen-bond acceptors (Lipinski definition) is 5. The zero-order chi connectivity index (χ0) is 50.0. The van der Waals surface area contributed by atoms with E-state index in [1.807, 2.05) is 6.08 Å². The third-order valence-electron chi connectivity index (χ3n) is 14.8. The number of rotatable bonds is 59. The van der Waals surface area contributed by atoms with Crippen molar-refractivity contribution in [2.24, 2.45) is 0 Å². The molecule has 69 heavy (non-hydrogen) atoms. The average Bonchev–Trinajstić information content (AvgIpc) is 3.35. The lowest BCUT2D eigenvalue weighted by atomic mass is 10.0. The maximum Gasteiger partial charge on any atom is 0.305 e. The molecule has 0 aliphatic heterocycles. The van der Waals surface area contributed by atoms with Gasteiger partial charge in [0, 0.05) is 12.8 Å². The average molecular weight is 975 g/mol. The van der Waals surface area contributed by atoms with E-state index in [1.165, 1.54) is 289 Å². The minimum absolute atomic E-state index is 0.0172. The second-order valence-electron chi connectivity index (χ2n) is 21.8. The van der Waals surface area contributed by atoms with Gasteiger partial charge in [0.2, 0.25) is 5.91 Å². The maximum atomic E-state index is 12.5. The third-order valence-corrected chi connectivity index (χ3v) is 14.8. The molecule has 0 aliphatic rings. The molecule has 3 N–H and O–H groups in total. The molecule has 0 spiro atoms. The van der Waals surface area contributed by atoms with Gasteiger partial charge in [-0.25, -0.2) is 0 Å². The van der Waals surface area contributed by atoms with E-state index in [0.29, 0.717) is 19.4 Å². The highest BCUT2D eigenvalue weighted by molar-refractivity contribution is 5.76. The molecule has 0 saturated carbocycles. The van der Waals surface area contributed by atoms with Crippen LogP contribution in [-0.4, -0.2) is 47.4 Å². The number of allylic oxidation sites excluding steroid dienone is 1. The van der Waals surface area contributed by atoms with Gasteiger partial charge in [-0.15, -0.1) is 0 Å². The quantitative estimate of drug-likeness (QED) is 0.0321. The largest absolute Gasteiger partial charge is 0.466 e. The topological polar surface area (TPSA) is 95.9 Å². The number of ether oxygens (including phenoxy) is 1. The predicted octanol–water partition coefficient (Wildman–Crippen LogP) is 19.6. The predicted molar refractivity (Wildman–Crippen MR) is 301 cm³/mol. The number of nitrogens with one attached hydrogen (secondary N) is 1. The molecular weight excluding hydrogens is 851 g/mol. The molecule has 0 aromatic heterocycles. The Morgan fingerprint density at radius 1 is 0.391 bits per heavy atom. The summed E-state index contributed by atoms with van der Waals surface area (Å²) in [5.74, 6) is -0.0467. The Hall–Kier alpha value is -1.40. The van der Waals surface area contributed by atoms with Crippen LogP contribution >= 0.6 is 0 Å². The molecule has 2 unspecified atom stereocenters. The molecule has 6 nitrogen and oxygen atoms in total. The molecule has 0 aliphatic carbocycles. The molecule has 0 bridgehead atoms. The van der Waals surface area contributed by atoms with E-state index in [0.717, 1.165) is 38.5 Å². The lowest BCUT2D eigenvalue weighted by molar-refractivity contribution is -0.143. The molecule has 0 saturated heterocycles. The van der Waals surface area contributed by atoms with Gasteiger partial charge in [-0.2, -0.15) is 0 Å². The summed E-state index contributed by atoms with van der Waals surface area (Å²) in [6.07, 6.45) is 71.2. The number of aliphatic hydroxyl groups excluding tert-OH is 2. The van der Waals surface area contributed by atoms with E-state index in [9.17, 15) is 19.8 Å². The minimum atomic E-state index is -0.842. The van der Waals surface area contributed by atoms with Crippen LogP contribution in [0.25, 0.3) is 0 Å². The van der Waals surface area contributed by atoms with Crippen molar-refractivity contribution in [1.82, 2.24) is 5.32 Å². The Bertz CT molecular complexity index is 1030. The van der Waals surface area contributed by atoms with E-state index in [1.54, 1.807) is 6.08 Å². The summed E-state index contributed by atoms with van der Waals surface area (Å²) >= 11 is 0. The molecule has 410 valence electrons. The summed E-state index contributed by atoms with van der Waals surface area (Å²) in [5, 5.41) is 23.1. The molecule has 0 aromatic rings. The van der Waals surface area contributed by atoms with Crippen molar-refractivity contribution in [3.05, 3.63) is 12.2 Å². The van der Waals surface area contributed by atoms with Gasteiger partial charge >= 0.3 is 5.97 Å². The Morgan fingerprint density at radius 3 is 0.986 bits per heavy atom. The first-order valence-electron chi connectivity index (χ1n) is 31.5. The van der Waals surface area contributed by atoms with Crippen LogP contribution in [0.1, 0.15) is 354 Å². The van der Waals surface area contributed by atoms with Gasteiger partial charge in [0.25, 0.3) is 0 Å². The van der Waals surface area contributed by atoms with Crippen LogP contribution in [-0.2, 0) is 14.3 Å². The van der Waals surface area contributed by atoms with Crippen LogP contribution in [0.3, 0.4) is 0 Å². The molecule has 0 aromatic carbocycles. The van der Waals surface area contributed by atoms with Gasteiger partial charge in [-0.05, 0) is 32.1 Å². The van der Waals surface area contributed by atoms with Crippen LogP contribution in [0.5, 0.6) is 0 Å². The standard InChI is InChI=1S/C63H123NO5/c1-3-5-7-9-11-13-15-17-29-32-35-39-43-47-51-55-61(66)60(59-65)64-62(67)56-52-48-44-40-36-33-30-27-25-23-21-19-18-20-22-24-26-28-31-34-38-42-46-50-54-58-69-63(68)57-53-49-45-41-37-16-14-12-10-8-6-4-2/h51,55,60-61,65-66H,3-50,52-54,56-59H2,1-2H3,(H,64,67)/b55-51+. The zero-order valence-electron chi connectivity index (χ0n) is 46.8. The number of carbonyl (C=O) groups excluding carboxylic acids is 2. The number of esters is 1. The lowest BCUT2D eigenvalue weighted by Crippen LogP contribution is -2.45. The fraction of sp³-hybridized carbons (Fsp3) is 0.937. The Kier molecular flexibility index (Phi) is 58.0. The number of unbranched alkanes of at least 4 members (excludes halogenated alkanes) is 48. The van der Waals surface area contributed by atoms with Gasteiger partial charge in [0.15, 0.2) is 0 Å². The van der Waals surface area contributed by atoms with Gasteiger partial charge in [-0.1, -0.05) is 321 Å². The molecule has 0 radical (unpaired) electrons. The van der Waals surface area contributed by atoms with E-state index in [4.69, 9.17) is 4.74 Å². The number of aliphatic hydroxyl groups is 2. The number of amides is 1. The maximum absolute atomic E-state index is 12.5. The summed E-state index contributed by atoms with van der Waals surface area (Å²) in [4.78, 5) is 24.5. The second kappa shape index (κ2) is 59.2. The highest BCUT2D eigenvalue weighted by Crippen LogP contribution is 2.18. The molecule has 1 amide bonds. The first-order valence-corrected chi connectivity index (χ1v) is 31.5. The Balaban J connectivity index is 3.37. The summed E-state index contributed by atoms with van der Waals surface area (Å²) < 4.78 is 5.48. The van der Waals surface area contributed by atoms with Crippen LogP contribution in [0.4, 0.5) is 0 Å². The van der Waals surface area contributed by atoms with E-state index in [-0.39, 0.29) is 18.5 Å². The van der Waals surface area contributed by atoms with Crippen molar-refractivity contribution in [1.29, 1.82) is 0 Å². The lowest BCUT2D eigenvalue weighted by Gasteiger charge is -2.20. The number of carbonyl (C=O) groups is 2. The first kappa shape index (κ1) is 67.6. The van der Waals surface area contributed by atoms with E-state index < -0.39 is 12.1 Å². The smallest absolute Gasteiger partial charge is 0.305 e. The van der Waals surface area contributed by atoms with Crippen molar-refractivity contribution >= 4 is 11.9 Å². The van der Waals surface area contributed by atoms with Crippen LogP contribution in [0.15, 0.2) is 12.2 Å². The summed E-state index contributed by atoms with van der Waals surface area (Å²) in [5.41, 5.74) is 0. The molecule has 0 fully saturated rings. The summed E-state index contributed by atoms with van der Waals surface area (Å²) in [6, 6.07) is -0.625. The van der Waals surface area contributed by atoms with Crippen LogP contribution in [0, 0.1) is 0 Å². The molecular formula is C63H123NO5. The number of hydrogen-bond donors (Lipinski definition) is 3. The van der Waals surface area contributed by atoms with Crippen molar-refractivity contribution in [3.8, 4) is 0 Å². The van der Waals surface area contributed by atoms with E-state index >= 15 is 0 Å². The minimum Gasteiger partial charge on any atom is -0.466 e. The molecule has 0 rings (SSSR count). The second-order valence-corrected chi connectivity index (χ2v) is 21.8. The first-order chi connectivity index (χ1) is 34.0. The van der Waals surface area contributed by atoms with Crippen LogP contribution < -0.4 is 5.32 Å². The van der Waals surface area contributed by atoms with E-state index in [2.05, 4.69) is 19.2 Å². The third kappa shape index (κ3) is 55.8.